The number of amides is 1. The molecule has 0 radical (unpaired) electrons. The first-order valence-corrected chi connectivity index (χ1v) is 10.9. The van der Waals surface area contributed by atoms with E-state index < -0.39 is 34.6 Å². The van der Waals surface area contributed by atoms with Gasteiger partial charge < -0.3 is 16.4 Å². The summed E-state index contributed by atoms with van der Waals surface area (Å²) in [4.78, 5) is 11.8. The van der Waals surface area contributed by atoms with E-state index in [0.29, 0.717) is 40.4 Å². The second kappa shape index (κ2) is 7.65. The fraction of sp³-hybridized carbons (Fsp3) is 0.474. The highest BCUT2D eigenvalue weighted by atomic mass is 35.5. The normalized spacial score (nSPS) is 29.0. The van der Waals surface area contributed by atoms with Crippen LogP contribution >= 0.6 is 23.4 Å². The fourth-order valence-corrected chi connectivity index (χ4v) is 5.05. The van der Waals surface area contributed by atoms with E-state index in [-0.39, 0.29) is 6.42 Å². The monoisotopic (exact) mass is 459 g/mol. The van der Waals surface area contributed by atoms with Crippen LogP contribution in [0.1, 0.15) is 31.7 Å². The zero-order chi connectivity index (χ0) is 21.7. The lowest BCUT2D eigenvalue weighted by atomic mass is 9.87. The molecule has 30 heavy (non-hydrogen) atoms. The molecule has 4 rings (SSSR count). The van der Waals surface area contributed by atoms with Crippen LogP contribution in [0.15, 0.2) is 29.6 Å². The van der Waals surface area contributed by atoms with Crippen LogP contribution in [0, 0.1) is 5.82 Å². The summed E-state index contributed by atoms with van der Waals surface area (Å²) in [5, 5.41) is 10.1. The van der Waals surface area contributed by atoms with Gasteiger partial charge in [0.1, 0.15) is 11.9 Å². The zero-order valence-corrected chi connectivity index (χ0v) is 17.7. The van der Waals surface area contributed by atoms with Crippen molar-refractivity contribution in [3.63, 3.8) is 0 Å². The molecule has 11 heteroatoms. The smallest absolute Gasteiger partial charge is 0.269 e. The molecule has 4 N–H and O–H groups in total. The average molecular weight is 460 g/mol. The van der Waals surface area contributed by atoms with Crippen molar-refractivity contribution in [1.82, 2.24) is 20.2 Å². The minimum atomic E-state index is -3.06. The molecule has 1 aliphatic carbocycles. The quantitative estimate of drug-likeness (QED) is 0.657. The Kier molecular flexibility index (Phi) is 5.44. The number of carbonyl (C=O) groups excluding carboxylic acids is 1. The maximum Gasteiger partial charge on any atom is 0.269 e. The molecular weight excluding hydrogens is 439 g/mol. The lowest BCUT2D eigenvalue weighted by molar-refractivity contribution is -0.131. The Morgan fingerprint density at radius 1 is 1.47 bits per heavy atom. The lowest BCUT2D eigenvalue weighted by Gasteiger charge is -2.40. The largest absolute Gasteiger partial charge is 0.362 e. The Labute approximate surface area is 180 Å². The number of fused-ring (bicyclic) bond motifs is 1. The van der Waals surface area contributed by atoms with E-state index in [1.165, 1.54) is 34.7 Å². The van der Waals surface area contributed by atoms with Crippen LogP contribution in [0.5, 0.6) is 0 Å². The third kappa shape index (κ3) is 3.76. The average Bonchev–Trinajstić information content (AvgIpc) is 3.09. The molecule has 0 aromatic carbocycles. The van der Waals surface area contributed by atoms with Gasteiger partial charge in [-0.2, -0.15) is 5.10 Å². The van der Waals surface area contributed by atoms with Crippen molar-refractivity contribution in [2.45, 2.75) is 49.1 Å². The molecule has 3 heterocycles. The molecule has 1 amide bonds. The highest BCUT2D eigenvalue weighted by Crippen LogP contribution is 2.39. The number of alkyl halides is 2. The minimum Gasteiger partial charge on any atom is -0.362 e. The van der Waals surface area contributed by atoms with Crippen molar-refractivity contribution in [3.8, 4) is 0 Å². The molecule has 1 saturated carbocycles. The van der Waals surface area contributed by atoms with Crippen molar-refractivity contribution in [3.05, 3.63) is 40.9 Å². The molecule has 0 spiro atoms. The van der Waals surface area contributed by atoms with E-state index in [1.54, 1.807) is 13.0 Å². The third-order valence-corrected chi connectivity index (χ3v) is 7.30. The fourth-order valence-electron chi connectivity index (χ4n) is 3.81. The summed E-state index contributed by atoms with van der Waals surface area (Å²) in [6, 6.07) is 0.605. The maximum atomic E-state index is 14.3. The highest BCUT2D eigenvalue weighted by molar-refractivity contribution is 8.01. The van der Waals surface area contributed by atoms with E-state index in [4.69, 9.17) is 17.3 Å². The summed E-state index contributed by atoms with van der Waals surface area (Å²) in [7, 11) is 0. The second-order valence-corrected chi connectivity index (χ2v) is 9.58. The van der Waals surface area contributed by atoms with Crippen LogP contribution in [-0.2, 0) is 4.79 Å². The van der Waals surface area contributed by atoms with Gasteiger partial charge in [-0.15, -0.1) is 11.8 Å². The third-order valence-electron chi connectivity index (χ3n) is 5.52. The van der Waals surface area contributed by atoms with Crippen LogP contribution < -0.4 is 16.4 Å². The molecule has 1 unspecified atom stereocenters. The summed E-state index contributed by atoms with van der Waals surface area (Å²) in [5.41, 5.74) is 7.51. The Morgan fingerprint density at radius 3 is 2.97 bits per heavy atom. The summed E-state index contributed by atoms with van der Waals surface area (Å²) in [6.45, 7) is 1.61. The topological polar surface area (TPSA) is 84.5 Å². The number of thioether (sulfide) groups is 1. The molecule has 2 aromatic rings. The van der Waals surface area contributed by atoms with Crippen LogP contribution in [0.25, 0.3) is 11.2 Å². The van der Waals surface area contributed by atoms with E-state index >= 15 is 0 Å². The van der Waals surface area contributed by atoms with Gasteiger partial charge in [0.25, 0.3) is 11.8 Å². The highest BCUT2D eigenvalue weighted by Gasteiger charge is 2.49. The van der Waals surface area contributed by atoms with Gasteiger partial charge in [-0.25, -0.2) is 17.7 Å². The van der Waals surface area contributed by atoms with E-state index in [1.807, 2.05) is 0 Å². The predicted molar refractivity (Wildman–Crippen MR) is 111 cm³/mol. The Morgan fingerprint density at radius 2 is 2.23 bits per heavy atom. The number of hydrogen-bond acceptors (Lipinski definition) is 5. The maximum absolute atomic E-state index is 14.3. The molecule has 1 aliphatic heterocycles. The SMILES string of the molecule is CC1(C(=O)N[C@@H]2[C@@H](N)CCCC2(F)F)NC(c2cnn3cc(F)ccc23)=C(Cl)CS1. The van der Waals surface area contributed by atoms with Gasteiger partial charge in [-0.3, -0.25) is 4.79 Å². The Hall–Kier alpha value is -1.91. The number of halogens is 4. The number of hydrogen-bond donors (Lipinski definition) is 3. The van der Waals surface area contributed by atoms with Crippen LogP contribution in [-0.4, -0.2) is 44.2 Å². The van der Waals surface area contributed by atoms with Crippen molar-refractivity contribution < 1.29 is 18.0 Å². The zero-order valence-electron chi connectivity index (χ0n) is 16.1. The molecule has 0 saturated heterocycles. The number of rotatable bonds is 3. The first-order chi connectivity index (χ1) is 14.1. The first-order valence-electron chi connectivity index (χ1n) is 9.49. The van der Waals surface area contributed by atoms with Crippen LogP contribution in [0.2, 0.25) is 0 Å². The number of carbonyl (C=O) groups is 1. The van der Waals surface area contributed by atoms with Gasteiger partial charge >= 0.3 is 0 Å². The van der Waals surface area contributed by atoms with Gasteiger partial charge in [0, 0.05) is 23.8 Å². The number of aromatic nitrogens is 2. The number of nitrogens with zero attached hydrogens (tertiary/aromatic N) is 2. The van der Waals surface area contributed by atoms with E-state index in [0.717, 1.165) is 0 Å². The molecule has 3 atom stereocenters. The summed E-state index contributed by atoms with van der Waals surface area (Å²) in [5.74, 6) is -3.82. The Bertz CT molecular complexity index is 1030. The van der Waals surface area contributed by atoms with Crippen molar-refractivity contribution in [2.24, 2.45) is 5.73 Å². The van der Waals surface area contributed by atoms with Crippen molar-refractivity contribution in [2.75, 3.05) is 5.75 Å². The van der Waals surface area contributed by atoms with Crippen molar-refractivity contribution >= 4 is 40.5 Å². The molecule has 0 bridgehead atoms. The van der Waals surface area contributed by atoms with E-state index in [2.05, 4.69) is 15.7 Å². The lowest BCUT2D eigenvalue weighted by Crippen LogP contribution is -2.64. The predicted octanol–water partition coefficient (Wildman–Crippen LogP) is 3.06. The van der Waals surface area contributed by atoms with Crippen molar-refractivity contribution in [1.29, 1.82) is 0 Å². The standard InChI is InChI=1S/C19H21ClF3N5OS/c1-18(17(29)26-16-13(24)3-2-6-19(16,22)23)27-15(12(20)9-30-18)11-7-25-28-8-10(21)4-5-14(11)28/h4-5,7-8,13,16,27H,2-3,6,9,24H2,1H3,(H,26,29)/t13-,16+,18?/m0/s1. The molecule has 1 fully saturated rings. The molecule has 162 valence electrons. The van der Waals surface area contributed by atoms with Crippen LogP contribution in [0.3, 0.4) is 0 Å². The first kappa shape index (κ1) is 21.3. The second-order valence-electron chi connectivity index (χ2n) is 7.73. The number of pyridine rings is 1. The molecule has 2 aromatic heterocycles. The Balaban J connectivity index is 1.60. The molecule has 2 aliphatic rings. The van der Waals surface area contributed by atoms with Crippen LogP contribution in [0.4, 0.5) is 13.2 Å². The van der Waals surface area contributed by atoms with E-state index in [9.17, 15) is 18.0 Å². The summed E-state index contributed by atoms with van der Waals surface area (Å²) >= 11 is 7.61. The van der Waals surface area contributed by atoms with Gasteiger partial charge in [0.05, 0.1) is 28.6 Å². The molecular formula is C19H21ClF3N5OS. The minimum absolute atomic E-state index is 0.291. The van der Waals surface area contributed by atoms with Gasteiger partial charge in [-0.05, 0) is 31.9 Å². The van der Waals surface area contributed by atoms with Gasteiger partial charge in [0.2, 0.25) is 0 Å². The summed E-state index contributed by atoms with van der Waals surface area (Å²) in [6.07, 6.45) is 3.18. The number of nitrogens with one attached hydrogen (secondary N) is 2. The number of nitrogens with two attached hydrogens (primary N) is 1. The van der Waals surface area contributed by atoms with Gasteiger partial charge in [0.15, 0.2) is 4.87 Å². The van der Waals surface area contributed by atoms with Gasteiger partial charge in [-0.1, -0.05) is 11.6 Å². The molecule has 6 nitrogen and oxygen atoms in total. The summed E-state index contributed by atoms with van der Waals surface area (Å²) < 4.78 is 43.5.